The summed E-state index contributed by atoms with van der Waals surface area (Å²) in [5.74, 6) is 0. The molecule has 12 heteroatoms. The summed E-state index contributed by atoms with van der Waals surface area (Å²) in [6.07, 6.45) is -2.08. The van der Waals surface area contributed by atoms with Crippen molar-refractivity contribution < 1.29 is 28.2 Å². The summed E-state index contributed by atoms with van der Waals surface area (Å²) in [6, 6.07) is 0. The van der Waals surface area contributed by atoms with Crippen molar-refractivity contribution in [1.82, 2.24) is 9.55 Å². The molecule has 1 aromatic heterocycles. The lowest BCUT2D eigenvalue weighted by atomic mass is 10.0. The topological polar surface area (TPSA) is 132 Å². The number of hydrogen-bond acceptors (Lipinski definition) is 8. The molecule has 0 aromatic carbocycles. The summed E-state index contributed by atoms with van der Waals surface area (Å²) in [5.41, 5.74) is -1.03. The smallest absolute Gasteiger partial charge is 0.349 e. The van der Waals surface area contributed by atoms with E-state index < -0.39 is 65.3 Å². The Morgan fingerprint density at radius 3 is 2.21 bits per heavy atom. The van der Waals surface area contributed by atoms with Gasteiger partial charge >= 0.3 is 14.3 Å². The van der Waals surface area contributed by atoms with Crippen LogP contribution in [-0.2, 0) is 24.6 Å². The SMILES string of the molecule is CC(C)(C)[Si](C)(C)O[C@H]1C2O[Si](C(C)(C)C)(C(C)(C)C)OC[C@H]2O[C@H]1c1cn(CC(O)CO)c(=O)[nH]c1=O. The van der Waals surface area contributed by atoms with Crippen LogP contribution in [0.2, 0.25) is 28.2 Å². The Morgan fingerprint density at radius 2 is 1.71 bits per heavy atom. The average Bonchev–Trinajstić information content (AvgIpc) is 3.09. The Kier molecular flexibility index (Phi) is 8.57. The average molecular weight is 573 g/mol. The van der Waals surface area contributed by atoms with Gasteiger partial charge in [-0.05, 0) is 18.1 Å². The second-order valence-electron chi connectivity index (χ2n) is 14.3. The highest BCUT2D eigenvalue weighted by Gasteiger charge is 2.65. The van der Waals surface area contributed by atoms with Gasteiger partial charge in [-0.3, -0.25) is 14.3 Å². The minimum absolute atomic E-state index is 0.111. The molecule has 2 aliphatic heterocycles. The quantitative estimate of drug-likeness (QED) is 0.443. The Balaban J connectivity index is 2.14. The van der Waals surface area contributed by atoms with E-state index in [1.54, 1.807) is 0 Å². The number of aromatic nitrogens is 2. The minimum atomic E-state index is -2.87. The molecule has 2 unspecified atom stereocenters. The van der Waals surface area contributed by atoms with Crippen LogP contribution >= 0.6 is 0 Å². The second kappa shape index (κ2) is 10.4. The lowest BCUT2D eigenvalue weighted by molar-refractivity contribution is -0.0717. The van der Waals surface area contributed by atoms with Gasteiger partial charge in [0.25, 0.3) is 5.56 Å². The number of aliphatic hydroxyl groups excluding tert-OH is 2. The van der Waals surface area contributed by atoms with Gasteiger partial charge in [0.2, 0.25) is 0 Å². The van der Waals surface area contributed by atoms with Gasteiger partial charge in [0, 0.05) is 16.3 Å². The number of hydrogen-bond donors (Lipinski definition) is 3. The van der Waals surface area contributed by atoms with Crippen LogP contribution in [0.15, 0.2) is 15.8 Å². The lowest BCUT2D eigenvalue weighted by Crippen LogP contribution is -2.66. The highest BCUT2D eigenvalue weighted by atomic mass is 28.4. The van der Waals surface area contributed by atoms with E-state index in [-0.39, 0.29) is 27.2 Å². The third-order valence-corrected chi connectivity index (χ3v) is 17.8. The van der Waals surface area contributed by atoms with Crippen LogP contribution in [0, 0.1) is 0 Å². The largest absolute Gasteiger partial charge is 0.408 e. The number of aromatic amines is 1. The van der Waals surface area contributed by atoms with Crippen molar-refractivity contribution in [2.45, 2.75) is 128 Å². The summed E-state index contributed by atoms with van der Waals surface area (Å²) in [5, 5.41) is 18.6. The van der Waals surface area contributed by atoms with E-state index in [1.807, 2.05) is 0 Å². The molecule has 0 aliphatic carbocycles. The molecule has 0 bridgehead atoms. The molecule has 3 N–H and O–H groups in total. The summed E-state index contributed by atoms with van der Waals surface area (Å²) in [4.78, 5) is 27.9. The molecule has 10 nitrogen and oxygen atoms in total. The van der Waals surface area contributed by atoms with Crippen LogP contribution in [0.1, 0.15) is 74.0 Å². The number of H-pyrrole nitrogens is 1. The van der Waals surface area contributed by atoms with E-state index in [0.717, 1.165) is 0 Å². The number of fused-ring (bicyclic) bond motifs is 1. The van der Waals surface area contributed by atoms with Gasteiger partial charge in [-0.25, -0.2) is 4.79 Å². The first-order chi connectivity index (χ1) is 17.1. The highest BCUT2D eigenvalue weighted by molar-refractivity contribution is 6.74. The Morgan fingerprint density at radius 1 is 1.13 bits per heavy atom. The minimum Gasteiger partial charge on any atom is -0.408 e. The van der Waals surface area contributed by atoms with E-state index in [9.17, 15) is 19.8 Å². The number of aliphatic hydroxyl groups is 2. The maximum atomic E-state index is 13.1. The van der Waals surface area contributed by atoms with E-state index in [1.165, 1.54) is 10.8 Å². The monoisotopic (exact) mass is 572 g/mol. The van der Waals surface area contributed by atoms with Crippen LogP contribution in [0.3, 0.4) is 0 Å². The number of rotatable bonds is 6. The van der Waals surface area contributed by atoms with Gasteiger partial charge in [0.05, 0.1) is 31.4 Å². The Bertz CT molecular complexity index is 1100. The molecule has 2 saturated heterocycles. The van der Waals surface area contributed by atoms with Gasteiger partial charge in [-0.15, -0.1) is 0 Å². The summed E-state index contributed by atoms with van der Waals surface area (Å²) in [7, 11) is -5.24. The molecule has 0 amide bonds. The number of nitrogens with zero attached hydrogens (tertiary/aromatic N) is 1. The number of ether oxygens (including phenoxy) is 1. The molecule has 38 heavy (non-hydrogen) atoms. The molecular weight excluding hydrogens is 524 g/mol. The zero-order valence-electron chi connectivity index (χ0n) is 24.9. The third-order valence-electron chi connectivity index (χ3n) is 8.24. The first-order valence-electron chi connectivity index (χ1n) is 13.4. The molecule has 0 radical (unpaired) electrons. The molecule has 3 heterocycles. The molecule has 2 fully saturated rings. The Hall–Kier alpha value is -1.13. The zero-order chi connectivity index (χ0) is 29.1. The van der Waals surface area contributed by atoms with Crippen LogP contribution in [-0.4, -0.2) is 74.3 Å². The van der Waals surface area contributed by atoms with Gasteiger partial charge in [0.15, 0.2) is 8.32 Å². The highest BCUT2D eigenvalue weighted by Crippen LogP contribution is 2.56. The van der Waals surface area contributed by atoms with Crippen LogP contribution in [0.4, 0.5) is 0 Å². The third kappa shape index (κ3) is 5.69. The van der Waals surface area contributed by atoms with Crippen molar-refractivity contribution in [1.29, 1.82) is 0 Å². The van der Waals surface area contributed by atoms with Crippen molar-refractivity contribution in [2.24, 2.45) is 0 Å². The van der Waals surface area contributed by atoms with Crippen LogP contribution < -0.4 is 11.2 Å². The summed E-state index contributed by atoms with van der Waals surface area (Å²) < 4.78 is 28.3. The van der Waals surface area contributed by atoms with E-state index in [2.05, 4.69) is 80.4 Å². The van der Waals surface area contributed by atoms with E-state index in [4.69, 9.17) is 18.0 Å². The Labute approximate surface area is 228 Å². The predicted molar refractivity (Wildman–Crippen MR) is 150 cm³/mol. The fraction of sp³-hybridized carbons (Fsp3) is 0.846. The fourth-order valence-corrected chi connectivity index (χ4v) is 11.6. The van der Waals surface area contributed by atoms with Crippen molar-refractivity contribution in [2.75, 3.05) is 13.2 Å². The molecule has 218 valence electrons. The molecular formula is C26H48N2O8Si2. The second-order valence-corrected chi connectivity index (χ2v) is 23.8. The lowest BCUT2D eigenvalue weighted by Gasteiger charge is -2.54. The van der Waals surface area contributed by atoms with Gasteiger partial charge in [-0.1, -0.05) is 62.3 Å². The predicted octanol–water partition coefficient (Wildman–Crippen LogP) is 3.18. The van der Waals surface area contributed by atoms with Gasteiger partial charge in [-0.2, -0.15) is 0 Å². The zero-order valence-corrected chi connectivity index (χ0v) is 26.9. The fourth-order valence-electron chi connectivity index (χ4n) is 5.39. The normalized spacial score (nSPS) is 27.3. The number of nitrogens with one attached hydrogen (secondary N) is 1. The van der Waals surface area contributed by atoms with Gasteiger partial charge < -0.3 is 28.2 Å². The molecule has 5 atom stereocenters. The van der Waals surface area contributed by atoms with Crippen molar-refractivity contribution in [3.05, 3.63) is 32.6 Å². The first kappa shape index (κ1) is 31.4. The molecule has 0 saturated carbocycles. The standard InChI is InChI=1S/C26H48N2O8Si2/c1-24(2,3)37(10,11)35-21-19(17-13-28(12-16(30)14-29)23(32)27-22(17)31)34-18-15-33-38(25(4,5)6,26(7,8)9)36-20(18)21/h13,16,18-21,29-30H,12,14-15H2,1-11H3,(H,27,31,32)/t16?,18-,19+,20?,21-/m1/s1. The molecule has 0 spiro atoms. The molecule has 2 aliphatic rings. The molecule has 1 aromatic rings. The van der Waals surface area contributed by atoms with E-state index >= 15 is 0 Å². The maximum Gasteiger partial charge on any atom is 0.349 e. The molecule has 3 rings (SSSR count). The van der Waals surface area contributed by atoms with Gasteiger partial charge in [0.1, 0.15) is 24.4 Å². The maximum absolute atomic E-state index is 13.1. The van der Waals surface area contributed by atoms with Crippen molar-refractivity contribution in [3.63, 3.8) is 0 Å². The van der Waals surface area contributed by atoms with Crippen molar-refractivity contribution in [3.8, 4) is 0 Å². The van der Waals surface area contributed by atoms with Crippen molar-refractivity contribution >= 4 is 16.9 Å². The van der Waals surface area contributed by atoms with Crippen LogP contribution in [0.25, 0.3) is 0 Å². The first-order valence-corrected chi connectivity index (χ1v) is 18.2. The summed E-state index contributed by atoms with van der Waals surface area (Å²) >= 11 is 0. The summed E-state index contributed by atoms with van der Waals surface area (Å²) in [6.45, 7) is 23.3. The van der Waals surface area contributed by atoms with Crippen LogP contribution in [0.5, 0.6) is 0 Å². The van der Waals surface area contributed by atoms with E-state index in [0.29, 0.717) is 6.61 Å².